The first kappa shape index (κ1) is 19.9. The van der Waals surface area contributed by atoms with Gasteiger partial charge in [0.05, 0.1) is 16.7 Å². The van der Waals surface area contributed by atoms with Crippen LogP contribution in [0, 0.1) is 18.3 Å². The summed E-state index contributed by atoms with van der Waals surface area (Å²) in [6.07, 6.45) is 0. The molecule has 3 aromatic rings. The van der Waals surface area contributed by atoms with Gasteiger partial charge < -0.3 is 11.5 Å². The Balaban J connectivity index is 2.15. The van der Waals surface area contributed by atoms with Crippen molar-refractivity contribution >= 4 is 29.1 Å². The third-order valence-electron chi connectivity index (χ3n) is 4.49. The highest BCUT2D eigenvalue weighted by Crippen LogP contribution is 2.39. The number of halogens is 1. The van der Waals surface area contributed by atoms with E-state index < -0.39 is 0 Å². The molecule has 0 spiro atoms. The number of hydrogen-bond donors (Lipinski definition) is 2. The molecule has 140 valence electrons. The van der Waals surface area contributed by atoms with Crippen LogP contribution in [0.5, 0.6) is 0 Å². The van der Waals surface area contributed by atoms with Crippen LogP contribution in [0.1, 0.15) is 22.6 Å². The number of hydrogen-bond acceptors (Lipinski definition) is 4. The van der Waals surface area contributed by atoms with Gasteiger partial charge in [0.2, 0.25) is 0 Å². The van der Waals surface area contributed by atoms with E-state index in [0.717, 1.165) is 21.6 Å². The third kappa shape index (κ3) is 4.33. The van der Waals surface area contributed by atoms with Crippen LogP contribution in [-0.2, 0) is 0 Å². The molecule has 28 heavy (non-hydrogen) atoms. The van der Waals surface area contributed by atoms with E-state index >= 15 is 0 Å². The Kier molecular flexibility index (Phi) is 6.30. The van der Waals surface area contributed by atoms with Gasteiger partial charge in [-0.05, 0) is 47.9 Å². The zero-order valence-electron chi connectivity index (χ0n) is 15.4. The fraction of sp³-hybridized carbons (Fsp3) is 0.0870. The van der Waals surface area contributed by atoms with Crippen molar-refractivity contribution in [3.05, 3.63) is 105 Å². The van der Waals surface area contributed by atoms with Gasteiger partial charge in [0.25, 0.3) is 0 Å². The molecule has 0 bridgehead atoms. The molecule has 3 nitrogen and oxygen atoms in total. The smallest absolute Gasteiger partial charge is 0.0984 e. The second-order valence-electron chi connectivity index (χ2n) is 6.37. The number of thioether (sulfide) groups is 1. The molecule has 0 amide bonds. The number of aryl methyl sites for hydroxylation is 1. The highest BCUT2D eigenvalue weighted by molar-refractivity contribution is 8.03. The summed E-state index contributed by atoms with van der Waals surface area (Å²) in [6, 6.07) is 25.4. The molecule has 4 N–H and O–H groups in total. The van der Waals surface area contributed by atoms with Gasteiger partial charge in [0, 0.05) is 21.5 Å². The van der Waals surface area contributed by atoms with Crippen molar-refractivity contribution in [2.75, 3.05) is 5.73 Å². The first-order chi connectivity index (χ1) is 13.5. The van der Waals surface area contributed by atoms with Crippen LogP contribution < -0.4 is 11.5 Å². The molecule has 3 aromatic carbocycles. The first-order valence-corrected chi connectivity index (χ1v) is 9.93. The van der Waals surface area contributed by atoms with Crippen molar-refractivity contribution in [1.82, 2.24) is 0 Å². The van der Waals surface area contributed by atoms with Crippen molar-refractivity contribution in [1.29, 1.82) is 5.26 Å². The number of para-hydroxylation sites is 1. The fourth-order valence-electron chi connectivity index (χ4n) is 3.12. The standard InChI is InChI=1S/C23H20ClN3S/c1-15-13-17(24)11-12-18(15)22(16-7-3-2-4-8-16)19(14-25)23(27)28-21-10-6-5-9-20(21)26/h2-13,22H,26-27H2,1H3/b23-19+. The lowest BCUT2D eigenvalue weighted by Gasteiger charge is -2.21. The third-order valence-corrected chi connectivity index (χ3v) is 5.76. The van der Waals surface area contributed by atoms with Gasteiger partial charge in [0.1, 0.15) is 0 Å². The maximum atomic E-state index is 10.0. The quantitative estimate of drug-likeness (QED) is 0.317. The number of benzene rings is 3. The molecule has 0 fully saturated rings. The first-order valence-electron chi connectivity index (χ1n) is 8.74. The molecule has 1 atom stereocenters. The number of nitriles is 1. The maximum absolute atomic E-state index is 10.0. The number of anilines is 1. The lowest BCUT2D eigenvalue weighted by Crippen LogP contribution is -2.11. The average molecular weight is 406 g/mol. The fourth-order valence-corrected chi connectivity index (χ4v) is 4.19. The van der Waals surface area contributed by atoms with Crippen LogP contribution in [0.4, 0.5) is 5.69 Å². The minimum absolute atomic E-state index is 0.291. The van der Waals surface area contributed by atoms with E-state index in [1.807, 2.05) is 79.7 Å². The normalized spacial score (nSPS) is 12.8. The molecule has 0 aliphatic heterocycles. The summed E-state index contributed by atoms with van der Waals surface area (Å²) < 4.78 is 0. The predicted molar refractivity (Wildman–Crippen MR) is 118 cm³/mol. The van der Waals surface area contributed by atoms with E-state index in [1.54, 1.807) is 0 Å². The molecule has 0 radical (unpaired) electrons. The largest absolute Gasteiger partial charge is 0.398 e. The SMILES string of the molecule is Cc1cc(Cl)ccc1C(/C(C#N)=C(\N)Sc1ccccc1N)c1ccccc1. The summed E-state index contributed by atoms with van der Waals surface area (Å²) in [6.45, 7) is 1.99. The van der Waals surface area contributed by atoms with Crippen LogP contribution in [-0.4, -0.2) is 0 Å². The second kappa shape index (κ2) is 8.88. The predicted octanol–water partition coefficient (Wildman–Crippen LogP) is 5.85. The summed E-state index contributed by atoms with van der Waals surface area (Å²) in [4.78, 5) is 0.826. The Hall–Kier alpha value is -2.87. The highest BCUT2D eigenvalue weighted by atomic mass is 35.5. The van der Waals surface area contributed by atoms with Crippen molar-refractivity contribution < 1.29 is 0 Å². The molecule has 0 saturated carbocycles. The minimum Gasteiger partial charge on any atom is -0.398 e. The van der Waals surface area contributed by atoms with Gasteiger partial charge in [-0.15, -0.1) is 0 Å². The Morgan fingerprint density at radius 3 is 2.36 bits per heavy atom. The highest BCUT2D eigenvalue weighted by Gasteiger charge is 2.24. The molecular weight excluding hydrogens is 386 g/mol. The molecule has 0 heterocycles. The van der Waals surface area contributed by atoms with Gasteiger partial charge in [0.15, 0.2) is 0 Å². The zero-order chi connectivity index (χ0) is 20.1. The van der Waals surface area contributed by atoms with E-state index in [4.69, 9.17) is 23.1 Å². The van der Waals surface area contributed by atoms with E-state index in [1.165, 1.54) is 11.8 Å². The molecule has 0 saturated heterocycles. The van der Waals surface area contributed by atoms with E-state index in [-0.39, 0.29) is 5.92 Å². The molecule has 1 unspecified atom stereocenters. The summed E-state index contributed by atoms with van der Waals surface area (Å²) >= 11 is 7.46. The molecule has 0 aliphatic rings. The monoisotopic (exact) mass is 405 g/mol. The van der Waals surface area contributed by atoms with E-state index in [2.05, 4.69) is 6.07 Å². The number of nitrogen functional groups attached to an aromatic ring is 1. The summed E-state index contributed by atoms with van der Waals surface area (Å²) in [5.74, 6) is -0.291. The Morgan fingerprint density at radius 2 is 1.71 bits per heavy atom. The lowest BCUT2D eigenvalue weighted by atomic mass is 9.83. The van der Waals surface area contributed by atoms with E-state index in [0.29, 0.717) is 21.3 Å². The maximum Gasteiger partial charge on any atom is 0.0984 e. The van der Waals surface area contributed by atoms with Crippen molar-refractivity contribution in [2.24, 2.45) is 5.73 Å². The summed E-state index contributed by atoms with van der Waals surface area (Å²) in [5.41, 5.74) is 16.6. The Labute approximate surface area is 174 Å². The topological polar surface area (TPSA) is 75.8 Å². The molecular formula is C23H20ClN3S. The number of rotatable bonds is 5. The molecule has 0 aliphatic carbocycles. The Bertz CT molecular complexity index is 1050. The van der Waals surface area contributed by atoms with Crippen LogP contribution >= 0.6 is 23.4 Å². The van der Waals surface area contributed by atoms with Gasteiger partial charge in [-0.1, -0.05) is 71.9 Å². The average Bonchev–Trinajstić information content (AvgIpc) is 2.69. The van der Waals surface area contributed by atoms with E-state index in [9.17, 15) is 5.26 Å². The van der Waals surface area contributed by atoms with Gasteiger partial charge in [-0.2, -0.15) is 5.26 Å². The van der Waals surface area contributed by atoms with Gasteiger partial charge >= 0.3 is 0 Å². The van der Waals surface area contributed by atoms with Gasteiger partial charge in [-0.3, -0.25) is 0 Å². The number of nitrogens with zero attached hydrogens (tertiary/aromatic N) is 1. The van der Waals surface area contributed by atoms with Crippen molar-refractivity contribution in [3.63, 3.8) is 0 Å². The number of allylic oxidation sites excluding steroid dienone is 1. The zero-order valence-corrected chi connectivity index (χ0v) is 17.0. The van der Waals surface area contributed by atoms with Crippen molar-refractivity contribution in [2.45, 2.75) is 17.7 Å². The summed E-state index contributed by atoms with van der Waals surface area (Å²) in [7, 11) is 0. The number of nitrogens with two attached hydrogens (primary N) is 2. The van der Waals surface area contributed by atoms with Crippen LogP contribution in [0.3, 0.4) is 0 Å². The van der Waals surface area contributed by atoms with Crippen LogP contribution in [0.15, 0.2) is 88.3 Å². The second-order valence-corrected chi connectivity index (χ2v) is 7.89. The molecule has 0 aromatic heterocycles. The van der Waals surface area contributed by atoms with Crippen LogP contribution in [0.25, 0.3) is 0 Å². The lowest BCUT2D eigenvalue weighted by molar-refractivity contribution is 0.957. The Morgan fingerprint density at radius 1 is 1.04 bits per heavy atom. The minimum atomic E-state index is -0.291. The van der Waals surface area contributed by atoms with Crippen molar-refractivity contribution in [3.8, 4) is 6.07 Å². The summed E-state index contributed by atoms with van der Waals surface area (Å²) in [5, 5.41) is 11.1. The van der Waals surface area contributed by atoms with Crippen LogP contribution in [0.2, 0.25) is 5.02 Å². The van der Waals surface area contributed by atoms with Gasteiger partial charge in [-0.25, -0.2) is 0 Å². The molecule has 3 rings (SSSR count). The molecule has 5 heteroatoms.